The third kappa shape index (κ3) is 5.92. The molecule has 2 rings (SSSR count). The van der Waals surface area contributed by atoms with Gasteiger partial charge in [-0.05, 0) is 43.9 Å². The third-order valence-electron chi connectivity index (χ3n) is 3.94. The van der Waals surface area contributed by atoms with Crippen LogP contribution in [-0.2, 0) is 11.2 Å². The van der Waals surface area contributed by atoms with E-state index in [4.69, 9.17) is 16.3 Å². The summed E-state index contributed by atoms with van der Waals surface area (Å²) >= 11 is 5.93. The predicted octanol–water partition coefficient (Wildman–Crippen LogP) is 2.80. The second kappa shape index (κ2) is 9.37. The Kier molecular flexibility index (Phi) is 7.18. The van der Waals surface area contributed by atoms with Crippen LogP contribution in [-0.4, -0.2) is 49.3 Å². The number of ether oxygens (including phenoxy) is 1. The Morgan fingerprint density at radius 2 is 2.08 bits per heavy atom. The highest BCUT2D eigenvalue weighted by Crippen LogP contribution is 2.12. The van der Waals surface area contributed by atoms with E-state index < -0.39 is 0 Å². The monoisotopic (exact) mass is 353 g/mol. The summed E-state index contributed by atoms with van der Waals surface area (Å²) < 4.78 is 4.98. The first kappa shape index (κ1) is 18.4. The van der Waals surface area contributed by atoms with Crippen molar-refractivity contribution >= 4 is 23.7 Å². The molecule has 0 bridgehead atoms. The summed E-state index contributed by atoms with van der Waals surface area (Å²) in [6, 6.07) is 7.51. The number of carbonyl (C=O) groups excluding carboxylic acids is 2. The highest BCUT2D eigenvalue weighted by molar-refractivity contribution is 6.30. The lowest BCUT2D eigenvalue weighted by atomic mass is 10.1. The van der Waals surface area contributed by atoms with E-state index in [9.17, 15) is 9.59 Å². The number of hydrogen-bond donors (Lipinski definition) is 2. The molecule has 1 aliphatic heterocycles. The van der Waals surface area contributed by atoms with Crippen LogP contribution in [0.5, 0.6) is 0 Å². The summed E-state index contributed by atoms with van der Waals surface area (Å²) in [5.41, 5.74) is 1.09. The molecule has 0 radical (unpaired) electrons. The molecule has 3 amide bonds. The molecule has 1 aromatic rings. The van der Waals surface area contributed by atoms with Gasteiger partial charge in [-0.1, -0.05) is 23.7 Å². The topological polar surface area (TPSA) is 70.7 Å². The molecule has 6 nitrogen and oxygen atoms in total. The van der Waals surface area contributed by atoms with Gasteiger partial charge in [-0.3, -0.25) is 0 Å². The molecule has 1 heterocycles. The lowest BCUT2D eigenvalue weighted by Gasteiger charge is -2.31. The van der Waals surface area contributed by atoms with E-state index in [-0.39, 0.29) is 18.2 Å². The number of benzene rings is 1. The fourth-order valence-corrected chi connectivity index (χ4v) is 2.88. The number of nitrogens with zero attached hydrogens (tertiary/aromatic N) is 1. The molecule has 1 aromatic carbocycles. The molecule has 0 saturated carbocycles. The van der Waals surface area contributed by atoms with Crippen LogP contribution < -0.4 is 10.6 Å². The number of nitrogens with one attached hydrogen (secondary N) is 2. The predicted molar refractivity (Wildman–Crippen MR) is 93.3 cm³/mol. The molecule has 1 fully saturated rings. The third-order valence-corrected chi connectivity index (χ3v) is 4.18. The van der Waals surface area contributed by atoms with Crippen molar-refractivity contribution in [1.29, 1.82) is 0 Å². The van der Waals surface area contributed by atoms with Crippen LogP contribution in [0.25, 0.3) is 0 Å². The summed E-state index contributed by atoms with van der Waals surface area (Å²) in [6.45, 7) is 3.93. The molecule has 2 N–H and O–H groups in total. The van der Waals surface area contributed by atoms with Gasteiger partial charge in [0.1, 0.15) is 0 Å². The van der Waals surface area contributed by atoms with Crippen molar-refractivity contribution < 1.29 is 14.3 Å². The summed E-state index contributed by atoms with van der Waals surface area (Å²) in [6.07, 6.45) is 1.93. The van der Waals surface area contributed by atoms with E-state index in [1.807, 2.05) is 24.3 Å². The summed E-state index contributed by atoms with van der Waals surface area (Å²) in [7, 11) is 0. The van der Waals surface area contributed by atoms with Crippen LogP contribution in [0.2, 0.25) is 5.02 Å². The van der Waals surface area contributed by atoms with Gasteiger partial charge in [0.2, 0.25) is 0 Å². The smallest absolute Gasteiger partial charge is 0.409 e. The van der Waals surface area contributed by atoms with Gasteiger partial charge in [0, 0.05) is 30.7 Å². The maximum atomic E-state index is 11.9. The van der Waals surface area contributed by atoms with Crippen molar-refractivity contribution in [1.82, 2.24) is 15.5 Å². The molecule has 0 aromatic heterocycles. The number of halogens is 1. The molecular formula is C17H24ClN3O3. The SMILES string of the molecule is CCOC(=O)N1CCC(NC(=O)NCCc2cccc(Cl)c2)CC1. The van der Waals surface area contributed by atoms with Crippen molar-refractivity contribution in [2.24, 2.45) is 0 Å². The number of likely N-dealkylation sites (tertiary alicyclic amines) is 1. The Morgan fingerprint density at radius 1 is 1.33 bits per heavy atom. The fraction of sp³-hybridized carbons (Fsp3) is 0.529. The molecule has 0 atom stereocenters. The van der Waals surface area contributed by atoms with Crippen molar-refractivity contribution in [3.05, 3.63) is 34.9 Å². The Morgan fingerprint density at radius 3 is 2.75 bits per heavy atom. The Balaban J connectivity index is 1.64. The zero-order valence-corrected chi connectivity index (χ0v) is 14.6. The number of carbonyl (C=O) groups is 2. The normalized spacial score (nSPS) is 15.0. The van der Waals surface area contributed by atoms with Crippen molar-refractivity contribution in [3.63, 3.8) is 0 Å². The van der Waals surface area contributed by atoms with E-state index in [1.165, 1.54) is 0 Å². The maximum absolute atomic E-state index is 11.9. The Bertz CT molecular complexity index is 560. The lowest BCUT2D eigenvalue weighted by molar-refractivity contribution is 0.0957. The quantitative estimate of drug-likeness (QED) is 0.855. The first-order chi connectivity index (χ1) is 11.6. The van der Waals surface area contributed by atoms with Gasteiger partial charge in [-0.15, -0.1) is 0 Å². The second-order valence-electron chi connectivity index (χ2n) is 5.74. The lowest BCUT2D eigenvalue weighted by Crippen LogP contribution is -2.49. The molecule has 1 saturated heterocycles. The van der Waals surface area contributed by atoms with Crippen LogP contribution in [0.15, 0.2) is 24.3 Å². The fourth-order valence-electron chi connectivity index (χ4n) is 2.67. The number of piperidine rings is 1. The van der Waals surface area contributed by atoms with Crippen LogP contribution in [0.4, 0.5) is 9.59 Å². The van der Waals surface area contributed by atoms with Crippen LogP contribution in [0.1, 0.15) is 25.3 Å². The van der Waals surface area contributed by atoms with Crippen molar-refractivity contribution in [2.75, 3.05) is 26.2 Å². The van der Waals surface area contributed by atoms with Gasteiger partial charge in [0.25, 0.3) is 0 Å². The zero-order chi connectivity index (χ0) is 17.4. The molecule has 7 heteroatoms. The molecule has 24 heavy (non-hydrogen) atoms. The van der Waals surface area contributed by atoms with Gasteiger partial charge in [0.15, 0.2) is 0 Å². The van der Waals surface area contributed by atoms with E-state index in [0.717, 1.165) is 24.8 Å². The molecule has 132 valence electrons. The number of rotatable bonds is 5. The van der Waals surface area contributed by atoms with Gasteiger partial charge in [-0.25, -0.2) is 9.59 Å². The molecule has 0 spiro atoms. The summed E-state index contributed by atoms with van der Waals surface area (Å²) in [5.74, 6) is 0. The zero-order valence-electron chi connectivity index (χ0n) is 13.9. The number of amides is 3. The molecule has 1 aliphatic rings. The van der Waals surface area contributed by atoms with E-state index in [1.54, 1.807) is 11.8 Å². The minimum absolute atomic E-state index is 0.0850. The Labute approximate surface area is 147 Å². The standard InChI is InChI=1S/C17H24ClN3O3/c1-2-24-17(23)21-10-7-15(8-11-21)20-16(22)19-9-6-13-4-3-5-14(18)12-13/h3-5,12,15H,2,6-11H2,1H3,(H2,19,20,22). The van der Waals surface area contributed by atoms with Crippen LogP contribution in [0, 0.1) is 0 Å². The molecular weight excluding hydrogens is 330 g/mol. The molecule has 0 aliphatic carbocycles. The van der Waals surface area contributed by atoms with Crippen molar-refractivity contribution in [2.45, 2.75) is 32.2 Å². The first-order valence-corrected chi connectivity index (χ1v) is 8.66. The van der Waals surface area contributed by atoms with Crippen LogP contribution in [0.3, 0.4) is 0 Å². The minimum atomic E-state index is -0.276. The van der Waals surface area contributed by atoms with Gasteiger partial charge >= 0.3 is 12.1 Å². The highest BCUT2D eigenvalue weighted by Gasteiger charge is 2.24. The average Bonchev–Trinajstić information content (AvgIpc) is 2.56. The first-order valence-electron chi connectivity index (χ1n) is 8.29. The van der Waals surface area contributed by atoms with E-state index >= 15 is 0 Å². The average molecular weight is 354 g/mol. The van der Waals surface area contributed by atoms with Gasteiger partial charge < -0.3 is 20.3 Å². The van der Waals surface area contributed by atoms with Gasteiger partial charge in [0.05, 0.1) is 6.61 Å². The second-order valence-corrected chi connectivity index (χ2v) is 6.18. The highest BCUT2D eigenvalue weighted by atomic mass is 35.5. The van der Waals surface area contributed by atoms with Crippen LogP contribution >= 0.6 is 11.6 Å². The van der Waals surface area contributed by atoms with Crippen molar-refractivity contribution in [3.8, 4) is 0 Å². The van der Waals surface area contributed by atoms with E-state index in [0.29, 0.717) is 31.3 Å². The van der Waals surface area contributed by atoms with E-state index in [2.05, 4.69) is 10.6 Å². The minimum Gasteiger partial charge on any atom is -0.450 e. The number of urea groups is 1. The number of hydrogen-bond acceptors (Lipinski definition) is 3. The van der Waals surface area contributed by atoms with Gasteiger partial charge in [-0.2, -0.15) is 0 Å². The summed E-state index contributed by atoms with van der Waals surface area (Å²) in [5, 5.41) is 6.51. The maximum Gasteiger partial charge on any atom is 0.409 e. The summed E-state index contributed by atoms with van der Waals surface area (Å²) in [4.78, 5) is 25.2. The largest absolute Gasteiger partial charge is 0.450 e. The molecule has 0 unspecified atom stereocenters. The Hall–Kier alpha value is -1.95.